The van der Waals surface area contributed by atoms with E-state index in [1.165, 1.54) is 16.7 Å². The fraction of sp³-hybridized carbons (Fsp3) is 0.217. The van der Waals surface area contributed by atoms with Crippen molar-refractivity contribution in [3.63, 3.8) is 0 Å². The van der Waals surface area contributed by atoms with Crippen LogP contribution in [0.5, 0.6) is 11.5 Å². The van der Waals surface area contributed by atoms with Crippen molar-refractivity contribution in [2.75, 3.05) is 13.7 Å². The van der Waals surface area contributed by atoms with Crippen LogP contribution in [0.3, 0.4) is 0 Å². The Morgan fingerprint density at radius 2 is 1.62 bits per heavy atom. The first-order chi connectivity index (χ1) is 12.8. The first-order valence-corrected chi connectivity index (χ1v) is 8.93. The third kappa shape index (κ3) is 4.87. The summed E-state index contributed by atoms with van der Waals surface area (Å²) in [4.78, 5) is 0. The van der Waals surface area contributed by atoms with Gasteiger partial charge in [0.2, 0.25) is 0 Å². The van der Waals surface area contributed by atoms with E-state index in [0.717, 1.165) is 30.7 Å². The number of phenols is 1. The first kappa shape index (κ1) is 18.0. The van der Waals surface area contributed by atoms with Gasteiger partial charge in [-0.2, -0.15) is 0 Å². The monoisotopic (exact) mass is 347 g/mol. The van der Waals surface area contributed by atoms with Crippen molar-refractivity contribution in [3.8, 4) is 11.5 Å². The highest BCUT2D eigenvalue weighted by Gasteiger charge is 2.06. The highest BCUT2D eigenvalue weighted by atomic mass is 16.5. The van der Waals surface area contributed by atoms with Crippen LogP contribution in [-0.2, 0) is 19.4 Å². The normalized spacial score (nSPS) is 10.7. The summed E-state index contributed by atoms with van der Waals surface area (Å²) < 4.78 is 5.59. The molecule has 3 heteroatoms. The van der Waals surface area contributed by atoms with E-state index in [9.17, 15) is 5.11 Å². The fourth-order valence-electron chi connectivity index (χ4n) is 3.04. The van der Waals surface area contributed by atoms with Crippen molar-refractivity contribution in [2.45, 2.75) is 19.4 Å². The Labute approximate surface area is 155 Å². The van der Waals surface area contributed by atoms with Crippen LogP contribution in [-0.4, -0.2) is 18.8 Å². The Morgan fingerprint density at radius 1 is 0.846 bits per heavy atom. The van der Waals surface area contributed by atoms with E-state index in [-0.39, 0.29) is 0 Å². The molecule has 2 N–H and O–H groups in total. The van der Waals surface area contributed by atoms with Crippen molar-refractivity contribution in [2.24, 2.45) is 0 Å². The maximum Gasteiger partial charge on any atom is 0.122 e. The van der Waals surface area contributed by atoms with Crippen LogP contribution < -0.4 is 10.1 Å². The molecule has 3 rings (SSSR count). The largest absolute Gasteiger partial charge is 0.508 e. The second-order valence-electron chi connectivity index (χ2n) is 6.36. The van der Waals surface area contributed by atoms with Gasteiger partial charge in [-0.3, -0.25) is 0 Å². The first-order valence-electron chi connectivity index (χ1n) is 8.93. The summed E-state index contributed by atoms with van der Waals surface area (Å²) in [7, 11) is 1.72. The van der Waals surface area contributed by atoms with E-state index >= 15 is 0 Å². The zero-order valence-corrected chi connectivity index (χ0v) is 15.1. The summed E-state index contributed by atoms with van der Waals surface area (Å²) in [5.74, 6) is 1.27. The molecule has 0 saturated heterocycles. The minimum absolute atomic E-state index is 0.336. The van der Waals surface area contributed by atoms with E-state index in [1.54, 1.807) is 13.2 Å². The highest BCUT2D eigenvalue weighted by Crippen LogP contribution is 2.22. The maximum absolute atomic E-state index is 9.80. The third-order valence-electron chi connectivity index (χ3n) is 4.48. The average Bonchev–Trinajstić information content (AvgIpc) is 2.68. The lowest BCUT2D eigenvalue weighted by Gasteiger charge is -2.12. The van der Waals surface area contributed by atoms with Gasteiger partial charge < -0.3 is 15.2 Å². The van der Waals surface area contributed by atoms with Gasteiger partial charge >= 0.3 is 0 Å². The van der Waals surface area contributed by atoms with Gasteiger partial charge in [0.25, 0.3) is 0 Å². The predicted octanol–water partition coefficient (Wildman–Crippen LogP) is 4.32. The molecule has 0 aliphatic rings. The summed E-state index contributed by atoms with van der Waals surface area (Å²) >= 11 is 0. The summed E-state index contributed by atoms with van der Waals surface area (Å²) in [5, 5.41) is 13.2. The summed E-state index contributed by atoms with van der Waals surface area (Å²) in [5.41, 5.74) is 4.65. The molecule has 0 amide bonds. The van der Waals surface area contributed by atoms with Crippen LogP contribution in [0.4, 0.5) is 0 Å². The van der Waals surface area contributed by atoms with Crippen LogP contribution in [0, 0.1) is 0 Å². The zero-order chi connectivity index (χ0) is 18.2. The van der Waals surface area contributed by atoms with Gasteiger partial charge in [-0.25, -0.2) is 0 Å². The van der Waals surface area contributed by atoms with Gasteiger partial charge in [0.05, 0.1) is 7.11 Å². The molecule has 134 valence electrons. The molecule has 0 spiro atoms. The lowest BCUT2D eigenvalue weighted by atomic mass is 10.0. The molecular weight excluding hydrogens is 322 g/mol. The Bertz CT molecular complexity index is 831. The maximum atomic E-state index is 9.80. The number of methoxy groups -OCH3 is 1. The lowest BCUT2D eigenvalue weighted by Crippen LogP contribution is -2.17. The standard InChI is InChI=1S/C23H25NO2/c1-26-23-16-19(15-18-7-3-2-4-8-18)11-12-20(23)13-14-24-17-21-9-5-6-10-22(21)25/h2-12,16,24-25H,13-15,17H2,1H3. The molecule has 0 aromatic heterocycles. The van der Waals surface area contributed by atoms with Crippen LogP contribution in [0.15, 0.2) is 72.8 Å². The van der Waals surface area contributed by atoms with Crippen LogP contribution >= 0.6 is 0 Å². The Balaban J connectivity index is 1.57. The van der Waals surface area contributed by atoms with Crippen LogP contribution in [0.2, 0.25) is 0 Å². The quantitative estimate of drug-likeness (QED) is 0.596. The van der Waals surface area contributed by atoms with Gasteiger partial charge in [0, 0.05) is 12.1 Å². The van der Waals surface area contributed by atoms with E-state index in [1.807, 2.05) is 24.3 Å². The van der Waals surface area contributed by atoms with Gasteiger partial charge in [-0.1, -0.05) is 60.7 Å². The molecule has 3 nitrogen and oxygen atoms in total. The van der Waals surface area contributed by atoms with Crippen LogP contribution in [0.25, 0.3) is 0 Å². The summed E-state index contributed by atoms with van der Waals surface area (Å²) in [6.07, 6.45) is 1.78. The second kappa shape index (κ2) is 9.07. The molecule has 26 heavy (non-hydrogen) atoms. The third-order valence-corrected chi connectivity index (χ3v) is 4.48. The average molecular weight is 347 g/mol. The van der Waals surface area contributed by atoms with Gasteiger partial charge in [-0.05, 0) is 48.2 Å². The van der Waals surface area contributed by atoms with E-state index < -0.39 is 0 Å². The molecule has 0 saturated carbocycles. The number of hydrogen-bond acceptors (Lipinski definition) is 3. The molecule has 0 aliphatic carbocycles. The smallest absolute Gasteiger partial charge is 0.122 e. The van der Waals surface area contributed by atoms with Gasteiger partial charge in [0.1, 0.15) is 11.5 Å². The summed E-state index contributed by atoms with van der Waals surface area (Å²) in [6, 6.07) is 24.3. The number of phenolic OH excluding ortho intramolecular Hbond substituents is 1. The van der Waals surface area contributed by atoms with Crippen LogP contribution in [0.1, 0.15) is 22.3 Å². The minimum atomic E-state index is 0.336. The zero-order valence-electron chi connectivity index (χ0n) is 15.1. The Kier molecular flexibility index (Phi) is 6.29. The van der Waals surface area contributed by atoms with Gasteiger partial charge in [-0.15, -0.1) is 0 Å². The number of para-hydroxylation sites is 1. The van der Waals surface area contributed by atoms with Crippen molar-refractivity contribution >= 4 is 0 Å². The number of aromatic hydroxyl groups is 1. The Hall–Kier alpha value is -2.78. The Morgan fingerprint density at radius 3 is 2.38 bits per heavy atom. The molecular formula is C23H25NO2. The van der Waals surface area contributed by atoms with E-state index in [4.69, 9.17) is 4.74 Å². The number of nitrogens with one attached hydrogen (secondary N) is 1. The molecule has 3 aromatic carbocycles. The van der Waals surface area contributed by atoms with Crippen molar-refractivity contribution in [1.29, 1.82) is 0 Å². The van der Waals surface area contributed by atoms with E-state index in [2.05, 4.69) is 47.8 Å². The highest BCUT2D eigenvalue weighted by molar-refractivity contribution is 5.40. The molecule has 0 heterocycles. The van der Waals surface area contributed by atoms with Crippen molar-refractivity contribution in [1.82, 2.24) is 5.32 Å². The number of rotatable bonds is 8. The summed E-state index contributed by atoms with van der Waals surface area (Å²) in [6.45, 7) is 1.48. The topological polar surface area (TPSA) is 41.5 Å². The number of hydrogen-bond donors (Lipinski definition) is 2. The minimum Gasteiger partial charge on any atom is -0.508 e. The number of ether oxygens (including phenoxy) is 1. The SMILES string of the molecule is COc1cc(Cc2ccccc2)ccc1CCNCc1ccccc1O. The molecule has 0 radical (unpaired) electrons. The van der Waals surface area contributed by atoms with Gasteiger partial charge in [0.15, 0.2) is 0 Å². The molecule has 0 bridgehead atoms. The predicted molar refractivity (Wildman–Crippen MR) is 106 cm³/mol. The fourth-order valence-corrected chi connectivity index (χ4v) is 3.04. The molecule has 0 unspecified atom stereocenters. The molecule has 0 aliphatic heterocycles. The lowest BCUT2D eigenvalue weighted by molar-refractivity contribution is 0.408. The molecule has 3 aromatic rings. The molecule has 0 atom stereocenters. The van der Waals surface area contributed by atoms with E-state index in [0.29, 0.717) is 12.3 Å². The van der Waals surface area contributed by atoms with Crippen molar-refractivity contribution < 1.29 is 9.84 Å². The molecule has 0 fully saturated rings. The van der Waals surface area contributed by atoms with Crippen molar-refractivity contribution in [3.05, 3.63) is 95.1 Å². The number of benzene rings is 3. The second-order valence-corrected chi connectivity index (χ2v) is 6.36.